The zero-order valence-corrected chi connectivity index (χ0v) is 15.8. The van der Waals surface area contributed by atoms with Crippen molar-refractivity contribution in [2.75, 3.05) is 12.4 Å². The summed E-state index contributed by atoms with van der Waals surface area (Å²) in [4.78, 5) is 0. The van der Waals surface area contributed by atoms with E-state index in [0.29, 0.717) is 12.1 Å². The SMILES string of the molecule is COc1c(Br)cc(CNc2ccc(C#N)cc2Br)cc1Br. The Bertz CT molecular complexity index is 688. The van der Waals surface area contributed by atoms with E-state index in [9.17, 15) is 0 Å². The lowest BCUT2D eigenvalue weighted by Gasteiger charge is -2.12. The standard InChI is InChI=1S/C15H11Br3N2O/c1-21-15-12(17)5-10(6-13(15)18)8-20-14-3-2-9(7-19)4-11(14)16/h2-6,20H,8H2,1H3. The van der Waals surface area contributed by atoms with Gasteiger partial charge >= 0.3 is 0 Å². The number of anilines is 1. The first-order valence-corrected chi connectivity index (χ1v) is 8.38. The van der Waals surface area contributed by atoms with Crippen LogP contribution in [0.5, 0.6) is 5.75 Å². The summed E-state index contributed by atoms with van der Waals surface area (Å²) in [5, 5.41) is 12.2. The number of halogens is 3. The molecular formula is C15H11Br3N2O. The molecule has 0 spiro atoms. The van der Waals surface area contributed by atoms with E-state index in [1.807, 2.05) is 18.2 Å². The van der Waals surface area contributed by atoms with Crippen LogP contribution in [0.4, 0.5) is 5.69 Å². The number of methoxy groups -OCH3 is 1. The van der Waals surface area contributed by atoms with Crippen LogP contribution in [0.15, 0.2) is 43.7 Å². The van der Waals surface area contributed by atoms with Crippen LogP contribution in [0.3, 0.4) is 0 Å². The fourth-order valence-corrected chi connectivity index (χ4v) is 3.96. The van der Waals surface area contributed by atoms with Gasteiger partial charge in [0.2, 0.25) is 0 Å². The third-order valence-corrected chi connectivity index (χ3v) is 4.68. The van der Waals surface area contributed by atoms with Crippen LogP contribution in [0.25, 0.3) is 0 Å². The van der Waals surface area contributed by atoms with E-state index in [1.165, 1.54) is 0 Å². The summed E-state index contributed by atoms with van der Waals surface area (Å²) in [6.45, 7) is 0.658. The van der Waals surface area contributed by atoms with E-state index in [0.717, 1.165) is 30.4 Å². The first-order chi connectivity index (χ1) is 10.0. The molecule has 0 heterocycles. The highest BCUT2D eigenvalue weighted by Gasteiger charge is 2.08. The summed E-state index contributed by atoms with van der Waals surface area (Å²) in [7, 11) is 1.64. The second kappa shape index (κ2) is 7.30. The third-order valence-electron chi connectivity index (χ3n) is 2.84. The van der Waals surface area contributed by atoms with Crippen molar-refractivity contribution in [3.05, 3.63) is 54.9 Å². The molecule has 6 heteroatoms. The molecule has 0 bridgehead atoms. The smallest absolute Gasteiger partial charge is 0.147 e. The Labute approximate surface area is 148 Å². The van der Waals surface area contributed by atoms with E-state index in [-0.39, 0.29) is 0 Å². The lowest BCUT2D eigenvalue weighted by Crippen LogP contribution is -2.01. The predicted octanol–water partition coefficient (Wildman–Crippen LogP) is 5.47. The number of hydrogen-bond donors (Lipinski definition) is 1. The highest BCUT2D eigenvalue weighted by Crippen LogP contribution is 2.34. The lowest BCUT2D eigenvalue weighted by atomic mass is 10.2. The van der Waals surface area contributed by atoms with Crippen LogP contribution in [0.1, 0.15) is 11.1 Å². The molecule has 0 aliphatic rings. The van der Waals surface area contributed by atoms with Gasteiger partial charge in [-0.15, -0.1) is 0 Å². The Kier molecular flexibility index (Phi) is 5.68. The number of ether oxygens (including phenoxy) is 1. The highest BCUT2D eigenvalue weighted by atomic mass is 79.9. The molecule has 0 radical (unpaired) electrons. The minimum Gasteiger partial charge on any atom is -0.494 e. The summed E-state index contributed by atoms with van der Waals surface area (Å²) in [5.41, 5.74) is 2.67. The number of rotatable bonds is 4. The summed E-state index contributed by atoms with van der Waals surface area (Å²) < 4.78 is 7.95. The van der Waals surface area contributed by atoms with E-state index in [2.05, 4.69) is 59.2 Å². The van der Waals surface area contributed by atoms with Crippen LogP contribution in [-0.2, 0) is 6.54 Å². The molecule has 0 saturated carbocycles. The van der Waals surface area contributed by atoms with E-state index >= 15 is 0 Å². The van der Waals surface area contributed by atoms with Gasteiger partial charge in [0, 0.05) is 16.7 Å². The van der Waals surface area contributed by atoms with E-state index in [1.54, 1.807) is 19.2 Å². The maximum atomic E-state index is 8.86. The molecule has 0 aliphatic heterocycles. The Morgan fingerprint density at radius 1 is 1.10 bits per heavy atom. The van der Waals surface area contributed by atoms with Crippen molar-refractivity contribution in [2.24, 2.45) is 0 Å². The maximum absolute atomic E-state index is 8.86. The van der Waals surface area contributed by atoms with Crippen molar-refractivity contribution < 1.29 is 4.74 Å². The van der Waals surface area contributed by atoms with Crippen LogP contribution in [-0.4, -0.2) is 7.11 Å². The van der Waals surface area contributed by atoms with Gasteiger partial charge in [-0.25, -0.2) is 0 Å². The summed E-state index contributed by atoms with van der Waals surface area (Å²) >= 11 is 10.4. The molecule has 1 N–H and O–H groups in total. The molecule has 2 aromatic rings. The topological polar surface area (TPSA) is 45.0 Å². The fraction of sp³-hybridized carbons (Fsp3) is 0.133. The molecule has 108 valence electrons. The molecule has 21 heavy (non-hydrogen) atoms. The monoisotopic (exact) mass is 472 g/mol. The first kappa shape index (κ1) is 16.3. The Morgan fingerprint density at radius 2 is 1.76 bits per heavy atom. The van der Waals surface area contributed by atoms with Crippen molar-refractivity contribution in [3.8, 4) is 11.8 Å². The molecule has 0 aromatic heterocycles. The van der Waals surface area contributed by atoms with Gasteiger partial charge in [0.1, 0.15) is 5.75 Å². The van der Waals surface area contributed by atoms with E-state index < -0.39 is 0 Å². The molecule has 3 nitrogen and oxygen atoms in total. The first-order valence-electron chi connectivity index (χ1n) is 6.00. The normalized spacial score (nSPS) is 10.0. The number of nitrogens with one attached hydrogen (secondary N) is 1. The molecule has 0 fully saturated rings. The number of nitrogens with zero attached hydrogens (tertiary/aromatic N) is 1. The third kappa shape index (κ3) is 4.00. The van der Waals surface area contributed by atoms with Crippen molar-refractivity contribution in [1.29, 1.82) is 5.26 Å². The van der Waals surface area contributed by atoms with Crippen molar-refractivity contribution in [1.82, 2.24) is 0 Å². The van der Waals surface area contributed by atoms with Gasteiger partial charge in [-0.3, -0.25) is 0 Å². The van der Waals surface area contributed by atoms with Crippen molar-refractivity contribution in [3.63, 3.8) is 0 Å². The lowest BCUT2D eigenvalue weighted by molar-refractivity contribution is 0.409. The average Bonchev–Trinajstić information content (AvgIpc) is 2.45. The maximum Gasteiger partial charge on any atom is 0.147 e. The van der Waals surface area contributed by atoms with Crippen LogP contribution >= 0.6 is 47.8 Å². The van der Waals surface area contributed by atoms with Crippen LogP contribution < -0.4 is 10.1 Å². The number of benzene rings is 2. The van der Waals surface area contributed by atoms with Gasteiger partial charge in [0.25, 0.3) is 0 Å². The van der Waals surface area contributed by atoms with Gasteiger partial charge in [-0.1, -0.05) is 0 Å². The zero-order valence-electron chi connectivity index (χ0n) is 11.1. The molecule has 2 aromatic carbocycles. The number of nitriles is 1. The minimum atomic E-state index is 0.627. The number of hydrogen-bond acceptors (Lipinski definition) is 3. The summed E-state index contributed by atoms with van der Waals surface area (Å²) in [6.07, 6.45) is 0. The fourth-order valence-electron chi connectivity index (χ4n) is 1.83. The van der Waals surface area contributed by atoms with Crippen molar-refractivity contribution >= 4 is 53.5 Å². The molecule has 0 amide bonds. The second-order valence-electron chi connectivity index (χ2n) is 4.25. The Balaban J connectivity index is 2.15. The van der Waals surface area contributed by atoms with Gasteiger partial charge in [-0.2, -0.15) is 5.26 Å². The molecule has 0 saturated heterocycles. The highest BCUT2D eigenvalue weighted by molar-refractivity contribution is 9.11. The van der Waals surface area contributed by atoms with Gasteiger partial charge in [0.15, 0.2) is 0 Å². The van der Waals surface area contributed by atoms with E-state index in [4.69, 9.17) is 10.00 Å². The average molecular weight is 475 g/mol. The minimum absolute atomic E-state index is 0.627. The Morgan fingerprint density at radius 3 is 2.29 bits per heavy atom. The molecule has 0 unspecified atom stereocenters. The van der Waals surface area contributed by atoms with Gasteiger partial charge in [-0.05, 0) is 83.7 Å². The van der Waals surface area contributed by atoms with Gasteiger partial charge < -0.3 is 10.1 Å². The summed E-state index contributed by atoms with van der Waals surface area (Å²) in [5.74, 6) is 0.776. The van der Waals surface area contributed by atoms with Gasteiger partial charge in [0.05, 0.1) is 27.7 Å². The summed E-state index contributed by atoms with van der Waals surface area (Å²) in [6, 6.07) is 11.6. The Hall–Kier alpha value is -1.03. The van der Waals surface area contributed by atoms with Crippen molar-refractivity contribution in [2.45, 2.75) is 6.54 Å². The zero-order chi connectivity index (χ0) is 15.4. The quantitative estimate of drug-likeness (QED) is 0.639. The molecule has 0 atom stereocenters. The van der Waals surface area contributed by atoms with Crippen LogP contribution in [0.2, 0.25) is 0 Å². The largest absolute Gasteiger partial charge is 0.494 e. The molecule has 2 rings (SSSR count). The van der Waals surface area contributed by atoms with Crippen LogP contribution in [0, 0.1) is 11.3 Å². The molecule has 0 aliphatic carbocycles. The second-order valence-corrected chi connectivity index (χ2v) is 6.82. The predicted molar refractivity (Wildman–Crippen MR) is 94.6 cm³/mol. The molecular weight excluding hydrogens is 464 g/mol.